The highest BCUT2D eigenvalue weighted by molar-refractivity contribution is 5.98. The molecule has 1 aromatic carbocycles. The highest BCUT2D eigenvalue weighted by atomic mass is 16.6. The van der Waals surface area contributed by atoms with Gasteiger partial charge in [0.25, 0.3) is 17.5 Å². The molecule has 126 valence electrons. The molecule has 0 aliphatic carbocycles. The number of aromatic nitrogens is 3. The Labute approximate surface area is 140 Å². The normalized spacial score (nSPS) is 10.2. The van der Waals surface area contributed by atoms with Crippen molar-refractivity contribution in [2.75, 3.05) is 0 Å². The largest absolute Gasteiger partial charge is 0.357 e. The minimum Gasteiger partial charge on any atom is -0.357 e. The monoisotopic (exact) mass is 340 g/mol. The fourth-order valence-corrected chi connectivity index (χ4v) is 2.03. The van der Waals surface area contributed by atoms with Gasteiger partial charge < -0.3 is 4.98 Å². The molecule has 0 saturated carbocycles. The van der Waals surface area contributed by atoms with Gasteiger partial charge in [0.05, 0.1) is 22.4 Å². The molecule has 0 bridgehead atoms. The second kappa shape index (κ2) is 6.66. The van der Waals surface area contributed by atoms with Gasteiger partial charge in [-0.25, -0.2) is 4.68 Å². The van der Waals surface area contributed by atoms with Crippen LogP contribution in [0.1, 0.15) is 20.8 Å². The molecule has 0 aliphatic heterocycles. The van der Waals surface area contributed by atoms with E-state index in [-0.39, 0.29) is 11.3 Å². The Balaban J connectivity index is 1.65. The van der Waals surface area contributed by atoms with E-state index in [1.807, 2.05) is 0 Å². The van der Waals surface area contributed by atoms with Crippen LogP contribution in [0, 0.1) is 10.1 Å². The predicted molar refractivity (Wildman–Crippen MR) is 85.9 cm³/mol. The van der Waals surface area contributed by atoms with Crippen LogP contribution in [-0.4, -0.2) is 31.5 Å². The first-order valence-corrected chi connectivity index (χ1v) is 7.08. The number of nitro groups is 1. The molecule has 3 aromatic rings. The number of hydrogen-bond donors (Lipinski definition) is 3. The first kappa shape index (κ1) is 15.9. The first-order valence-electron chi connectivity index (χ1n) is 7.08. The maximum Gasteiger partial charge on any atom is 0.286 e. The van der Waals surface area contributed by atoms with Crippen molar-refractivity contribution >= 4 is 17.5 Å². The van der Waals surface area contributed by atoms with Gasteiger partial charge in [0.15, 0.2) is 0 Å². The SMILES string of the molecule is O=C(NNC(=O)c1ccc[nH]1)c1cnn(-c2ccc([N+](=O)[O-])cc2)c1. The van der Waals surface area contributed by atoms with Crippen molar-refractivity contribution in [1.82, 2.24) is 25.6 Å². The van der Waals surface area contributed by atoms with E-state index in [1.165, 1.54) is 41.3 Å². The minimum atomic E-state index is -0.548. The van der Waals surface area contributed by atoms with Crippen LogP contribution in [-0.2, 0) is 0 Å². The van der Waals surface area contributed by atoms with Crippen LogP contribution in [0.2, 0.25) is 0 Å². The van der Waals surface area contributed by atoms with Gasteiger partial charge in [-0.3, -0.25) is 30.6 Å². The Hall–Kier alpha value is -3.95. The van der Waals surface area contributed by atoms with Gasteiger partial charge in [0, 0.05) is 24.5 Å². The molecular weight excluding hydrogens is 328 g/mol. The highest BCUT2D eigenvalue weighted by Crippen LogP contribution is 2.15. The fraction of sp³-hybridized carbons (Fsp3) is 0. The Kier molecular flexibility index (Phi) is 4.24. The van der Waals surface area contributed by atoms with Crippen LogP contribution < -0.4 is 10.9 Å². The van der Waals surface area contributed by atoms with E-state index < -0.39 is 16.7 Å². The van der Waals surface area contributed by atoms with Crippen molar-refractivity contribution in [2.24, 2.45) is 0 Å². The summed E-state index contributed by atoms with van der Waals surface area (Å²) in [5.41, 5.74) is 5.58. The average molecular weight is 340 g/mol. The number of nitrogens with one attached hydrogen (secondary N) is 3. The summed E-state index contributed by atoms with van der Waals surface area (Å²) in [6.45, 7) is 0. The molecular formula is C15H12N6O4. The molecule has 0 saturated heterocycles. The quantitative estimate of drug-likeness (QED) is 0.484. The zero-order chi connectivity index (χ0) is 17.8. The smallest absolute Gasteiger partial charge is 0.286 e. The Morgan fingerprint density at radius 2 is 1.84 bits per heavy atom. The summed E-state index contributed by atoms with van der Waals surface area (Å²) in [5.74, 6) is -1.03. The van der Waals surface area contributed by atoms with Crippen molar-refractivity contribution < 1.29 is 14.5 Å². The van der Waals surface area contributed by atoms with Gasteiger partial charge in [0.2, 0.25) is 0 Å². The van der Waals surface area contributed by atoms with E-state index in [2.05, 4.69) is 20.9 Å². The van der Waals surface area contributed by atoms with Gasteiger partial charge in [-0.15, -0.1) is 0 Å². The number of nitro benzene ring substituents is 1. The topological polar surface area (TPSA) is 135 Å². The van der Waals surface area contributed by atoms with Crippen LogP contribution in [0.3, 0.4) is 0 Å². The number of rotatable bonds is 4. The molecule has 0 aliphatic rings. The molecule has 0 fully saturated rings. The molecule has 0 unspecified atom stereocenters. The van der Waals surface area contributed by atoms with E-state index in [0.29, 0.717) is 11.4 Å². The second-order valence-electron chi connectivity index (χ2n) is 4.94. The van der Waals surface area contributed by atoms with Crippen molar-refractivity contribution in [2.45, 2.75) is 0 Å². The molecule has 0 atom stereocenters. The molecule has 3 N–H and O–H groups in total. The lowest BCUT2D eigenvalue weighted by Gasteiger charge is -2.04. The van der Waals surface area contributed by atoms with Crippen LogP contribution in [0.25, 0.3) is 5.69 Å². The van der Waals surface area contributed by atoms with E-state index in [4.69, 9.17) is 0 Å². The summed E-state index contributed by atoms with van der Waals surface area (Å²) < 4.78 is 1.39. The summed E-state index contributed by atoms with van der Waals surface area (Å²) >= 11 is 0. The maximum absolute atomic E-state index is 12.0. The van der Waals surface area contributed by atoms with Gasteiger partial charge in [0.1, 0.15) is 5.69 Å². The first-order chi connectivity index (χ1) is 12.0. The zero-order valence-electron chi connectivity index (χ0n) is 12.7. The summed E-state index contributed by atoms with van der Waals surface area (Å²) in [6.07, 6.45) is 4.35. The summed E-state index contributed by atoms with van der Waals surface area (Å²) in [4.78, 5) is 36.6. The van der Waals surface area contributed by atoms with E-state index in [0.717, 1.165) is 0 Å². The third-order valence-corrected chi connectivity index (χ3v) is 3.30. The lowest BCUT2D eigenvalue weighted by molar-refractivity contribution is -0.384. The maximum atomic E-state index is 12.0. The van der Waals surface area contributed by atoms with Crippen LogP contribution >= 0.6 is 0 Å². The summed E-state index contributed by atoms with van der Waals surface area (Å²) in [7, 11) is 0. The second-order valence-corrected chi connectivity index (χ2v) is 4.94. The number of non-ortho nitro benzene ring substituents is 1. The number of nitrogens with zero attached hydrogens (tertiary/aromatic N) is 3. The third kappa shape index (κ3) is 3.52. The van der Waals surface area contributed by atoms with Crippen molar-refractivity contribution in [3.05, 3.63) is 76.4 Å². The molecule has 10 nitrogen and oxygen atoms in total. The number of amides is 2. The molecule has 25 heavy (non-hydrogen) atoms. The van der Waals surface area contributed by atoms with Gasteiger partial charge >= 0.3 is 0 Å². The number of aromatic amines is 1. The van der Waals surface area contributed by atoms with Crippen molar-refractivity contribution in [3.63, 3.8) is 0 Å². The molecule has 10 heteroatoms. The Bertz CT molecular complexity index is 914. The zero-order valence-corrected chi connectivity index (χ0v) is 12.7. The van der Waals surface area contributed by atoms with E-state index in [9.17, 15) is 19.7 Å². The number of carbonyl (C=O) groups is 2. The van der Waals surface area contributed by atoms with Crippen LogP contribution in [0.4, 0.5) is 5.69 Å². The van der Waals surface area contributed by atoms with Crippen LogP contribution in [0.15, 0.2) is 55.0 Å². The Morgan fingerprint density at radius 3 is 2.48 bits per heavy atom. The number of H-pyrrole nitrogens is 1. The summed E-state index contributed by atoms with van der Waals surface area (Å²) in [6, 6.07) is 8.93. The lowest BCUT2D eigenvalue weighted by Crippen LogP contribution is -2.41. The average Bonchev–Trinajstić information content (AvgIpc) is 3.31. The molecule has 2 heterocycles. The molecule has 2 aromatic heterocycles. The number of hydrogen-bond acceptors (Lipinski definition) is 5. The number of benzene rings is 1. The van der Waals surface area contributed by atoms with E-state index in [1.54, 1.807) is 18.3 Å². The highest BCUT2D eigenvalue weighted by Gasteiger charge is 2.12. The number of carbonyl (C=O) groups excluding carboxylic acids is 2. The molecule has 2 amide bonds. The molecule has 0 spiro atoms. The molecule has 3 rings (SSSR count). The van der Waals surface area contributed by atoms with Crippen LogP contribution in [0.5, 0.6) is 0 Å². The van der Waals surface area contributed by atoms with E-state index >= 15 is 0 Å². The van der Waals surface area contributed by atoms with Gasteiger partial charge in [-0.05, 0) is 24.3 Å². The van der Waals surface area contributed by atoms with Crippen molar-refractivity contribution in [3.8, 4) is 5.69 Å². The van der Waals surface area contributed by atoms with Gasteiger partial charge in [-0.1, -0.05) is 0 Å². The van der Waals surface area contributed by atoms with Gasteiger partial charge in [-0.2, -0.15) is 5.10 Å². The Morgan fingerprint density at radius 1 is 1.12 bits per heavy atom. The predicted octanol–water partition coefficient (Wildman–Crippen LogP) is 1.18. The lowest BCUT2D eigenvalue weighted by atomic mass is 10.3. The summed E-state index contributed by atoms with van der Waals surface area (Å²) in [5, 5.41) is 14.7. The minimum absolute atomic E-state index is 0.0408. The molecule has 0 radical (unpaired) electrons. The number of hydrazine groups is 1. The fourth-order valence-electron chi connectivity index (χ4n) is 2.03. The van der Waals surface area contributed by atoms with Crippen molar-refractivity contribution in [1.29, 1.82) is 0 Å². The standard InChI is InChI=1S/C15H12N6O4/c22-14(18-19-15(23)13-2-1-7-16-13)10-8-17-20(9-10)11-3-5-12(6-4-11)21(24)25/h1-9,16H,(H,18,22)(H,19,23). The third-order valence-electron chi connectivity index (χ3n) is 3.30.